The number of nitrogens with zero attached hydrogens (tertiary/aromatic N) is 3. The van der Waals surface area contributed by atoms with Gasteiger partial charge < -0.3 is 9.46 Å². The van der Waals surface area contributed by atoms with Gasteiger partial charge in [0.05, 0.1) is 11.5 Å². The van der Waals surface area contributed by atoms with Crippen LogP contribution in [-0.2, 0) is 39.2 Å². The van der Waals surface area contributed by atoms with Crippen LogP contribution in [-0.4, -0.2) is 116 Å². The lowest BCUT2D eigenvalue weighted by molar-refractivity contribution is -0.138. The maximum atomic E-state index is 13.4. The zero-order valence-electron chi connectivity index (χ0n) is 19.9. The fraction of sp³-hybridized carbons (Fsp3) is 0.737. The van der Waals surface area contributed by atoms with E-state index in [-0.39, 0.29) is 50.6 Å². The molecule has 0 aliphatic carbocycles. The lowest BCUT2D eigenvalue weighted by Gasteiger charge is -2.29. The second-order valence-corrected chi connectivity index (χ2v) is 14.8. The molecule has 0 saturated heterocycles. The van der Waals surface area contributed by atoms with Gasteiger partial charge in [-0.05, 0) is 32.7 Å². The number of carbonyl (C=O) groups is 3. The summed E-state index contributed by atoms with van der Waals surface area (Å²) in [6, 6.07) is 0. The van der Waals surface area contributed by atoms with E-state index in [1.54, 1.807) is 14.1 Å². The monoisotopic (exact) mass is 559 g/mol. The minimum absolute atomic E-state index is 0.0632. The molecule has 0 spiro atoms. The van der Waals surface area contributed by atoms with E-state index in [0.717, 1.165) is 4.90 Å². The Morgan fingerprint density at radius 1 is 0.886 bits per heavy atom. The number of rotatable bonds is 17. The summed E-state index contributed by atoms with van der Waals surface area (Å²) in [5.74, 6) is -2.16. The summed E-state index contributed by atoms with van der Waals surface area (Å²) in [5.41, 5.74) is 0. The first-order valence-electron chi connectivity index (χ1n) is 11.0. The molecule has 0 aromatic heterocycles. The number of amides is 3. The van der Waals surface area contributed by atoms with Crippen molar-refractivity contribution < 1.29 is 44.9 Å². The molecule has 0 radical (unpaired) electrons. The molecule has 3 amide bonds. The number of hydrogen-bond donors (Lipinski definition) is 2. The van der Waals surface area contributed by atoms with Crippen LogP contribution in [0.5, 0.6) is 0 Å². The van der Waals surface area contributed by atoms with Gasteiger partial charge in [-0.1, -0.05) is 0 Å². The summed E-state index contributed by atoms with van der Waals surface area (Å²) in [4.78, 5) is 37.9. The SMILES string of the molecule is CN(CCCN(C)P(=O)(CCCS(=O)(=O)O)CCCS(=O)(=O)O)C(=O)CCCN1C(=O)C=CC1=O. The van der Waals surface area contributed by atoms with E-state index in [4.69, 9.17) is 9.11 Å². The zero-order chi connectivity index (χ0) is 26.9. The van der Waals surface area contributed by atoms with Gasteiger partial charge in [-0.3, -0.25) is 33.1 Å². The topological polar surface area (TPSA) is 187 Å². The van der Waals surface area contributed by atoms with Crippen LogP contribution < -0.4 is 0 Å². The highest BCUT2D eigenvalue weighted by molar-refractivity contribution is 7.86. The molecular weight excluding hydrogens is 525 g/mol. The first kappa shape index (κ1) is 31.4. The third-order valence-electron chi connectivity index (χ3n) is 5.52. The van der Waals surface area contributed by atoms with Crippen LogP contribution in [0.4, 0.5) is 0 Å². The van der Waals surface area contributed by atoms with E-state index in [0.29, 0.717) is 19.4 Å². The average molecular weight is 560 g/mol. The van der Waals surface area contributed by atoms with Crippen LogP contribution in [0.1, 0.15) is 32.1 Å². The Labute approximate surface area is 206 Å². The highest BCUT2D eigenvalue weighted by Gasteiger charge is 2.28. The van der Waals surface area contributed by atoms with Crippen molar-refractivity contribution in [1.29, 1.82) is 0 Å². The standard InChI is InChI=1S/C19H34N3O10PS2/c1-20(17(23)7-3-12-22-18(24)8-9-19(22)25)10-4-11-21(2)33(26,13-5-15-34(27,28)29)14-6-16-35(30,31)32/h8-9H,3-7,10-16H2,1-2H3,(H,27,28,29)(H,30,31,32). The fourth-order valence-electron chi connectivity index (χ4n) is 3.52. The number of imide groups is 1. The third kappa shape index (κ3) is 12.2. The van der Waals surface area contributed by atoms with Crippen molar-refractivity contribution in [1.82, 2.24) is 14.5 Å². The van der Waals surface area contributed by atoms with Gasteiger partial charge in [0.1, 0.15) is 7.29 Å². The van der Waals surface area contributed by atoms with E-state index < -0.39 is 50.8 Å². The van der Waals surface area contributed by atoms with Crippen molar-refractivity contribution in [2.75, 3.05) is 57.6 Å². The minimum Gasteiger partial charge on any atom is -0.346 e. The van der Waals surface area contributed by atoms with Gasteiger partial charge in [-0.15, -0.1) is 0 Å². The summed E-state index contributed by atoms with van der Waals surface area (Å²) < 4.78 is 76.8. The van der Waals surface area contributed by atoms with Gasteiger partial charge in [0.2, 0.25) is 5.91 Å². The normalized spacial score (nSPS) is 14.8. The van der Waals surface area contributed by atoms with Crippen molar-refractivity contribution in [3.05, 3.63) is 12.2 Å². The van der Waals surface area contributed by atoms with Crippen LogP contribution >= 0.6 is 7.29 Å². The summed E-state index contributed by atoms with van der Waals surface area (Å²) in [6.45, 7) is 0.737. The molecule has 0 atom stereocenters. The second kappa shape index (κ2) is 13.6. The van der Waals surface area contributed by atoms with Crippen molar-refractivity contribution in [3.63, 3.8) is 0 Å². The lowest BCUT2D eigenvalue weighted by Crippen LogP contribution is -2.33. The second-order valence-electron chi connectivity index (χ2n) is 8.39. The first-order valence-corrected chi connectivity index (χ1v) is 16.3. The molecule has 16 heteroatoms. The molecule has 0 unspecified atom stereocenters. The molecule has 0 aromatic carbocycles. The molecule has 202 valence electrons. The smallest absolute Gasteiger partial charge is 0.264 e. The van der Waals surface area contributed by atoms with Gasteiger partial charge in [-0.2, -0.15) is 16.8 Å². The van der Waals surface area contributed by atoms with Gasteiger partial charge in [0.25, 0.3) is 32.1 Å². The fourth-order valence-corrected chi connectivity index (χ4v) is 7.68. The molecule has 13 nitrogen and oxygen atoms in total. The van der Waals surface area contributed by atoms with Crippen LogP contribution in [0.15, 0.2) is 12.2 Å². The van der Waals surface area contributed by atoms with Crippen LogP contribution in [0.25, 0.3) is 0 Å². The molecule has 0 aromatic rings. The van der Waals surface area contributed by atoms with Gasteiger partial charge >= 0.3 is 0 Å². The predicted molar refractivity (Wildman–Crippen MR) is 129 cm³/mol. The van der Waals surface area contributed by atoms with Crippen molar-refractivity contribution in [2.45, 2.75) is 32.1 Å². The zero-order valence-corrected chi connectivity index (χ0v) is 22.4. The molecule has 0 saturated carbocycles. The Kier molecular flexibility index (Phi) is 12.2. The van der Waals surface area contributed by atoms with Crippen LogP contribution in [0, 0.1) is 0 Å². The van der Waals surface area contributed by atoms with E-state index >= 15 is 0 Å². The van der Waals surface area contributed by atoms with E-state index in [2.05, 4.69) is 0 Å². The summed E-state index contributed by atoms with van der Waals surface area (Å²) >= 11 is 0. The number of carbonyl (C=O) groups excluding carboxylic acids is 3. The van der Waals surface area contributed by atoms with Crippen molar-refractivity contribution in [3.8, 4) is 0 Å². The molecule has 0 fully saturated rings. The molecule has 0 bridgehead atoms. The Balaban J connectivity index is 2.53. The maximum Gasteiger partial charge on any atom is 0.264 e. The molecule has 1 rings (SSSR count). The van der Waals surface area contributed by atoms with Gasteiger partial charge in [-0.25, -0.2) is 0 Å². The Morgan fingerprint density at radius 3 is 1.83 bits per heavy atom. The molecule has 1 heterocycles. The van der Waals surface area contributed by atoms with Gasteiger partial charge in [0, 0.05) is 57.6 Å². The quantitative estimate of drug-likeness (QED) is 0.142. The third-order valence-corrected chi connectivity index (χ3v) is 10.6. The molecular formula is C19H34N3O10PS2. The van der Waals surface area contributed by atoms with Gasteiger partial charge in [0.15, 0.2) is 0 Å². The molecule has 1 aliphatic heterocycles. The Morgan fingerprint density at radius 2 is 1.37 bits per heavy atom. The van der Waals surface area contributed by atoms with Crippen LogP contribution in [0.3, 0.4) is 0 Å². The maximum absolute atomic E-state index is 13.4. The highest BCUT2D eigenvalue weighted by Crippen LogP contribution is 2.49. The Bertz CT molecular complexity index is 999. The van der Waals surface area contributed by atoms with Crippen LogP contribution in [0.2, 0.25) is 0 Å². The summed E-state index contributed by atoms with van der Waals surface area (Å²) in [5, 5.41) is 0. The van der Waals surface area contributed by atoms with E-state index in [1.807, 2.05) is 0 Å². The van der Waals surface area contributed by atoms with E-state index in [9.17, 15) is 35.8 Å². The lowest BCUT2D eigenvalue weighted by atomic mass is 10.2. The predicted octanol–water partition coefficient (Wildman–Crippen LogP) is 0.306. The van der Waals surface area contributed by atoms with Crippen molar-refractivity contribution in [2.24, 2.45) is 0 Å². The highest BCUT2D eigenvalue weighted by atomic mass is 32.2. The molecule has 1 aliphatic rings. The van der Waals surface area contributed by atoms with E-state index in [1.165, 1.54) is 21.7 Å². The largest absolute Gasteiger partial charge is 0.346 e. The van der Waals surface area contributed by atoms with Crippen molar-refractivity contribution >= 4 is 45.3 Å². The Hall–Kier alpha value is -1.64. The number of hydrogen-bond acceptors (Lipinski definition) is 8. The summed E-state index contributed by atoms with van der Waals surface area (Å²) in [6.07, 6.45) is 2.94. The molecule has 2 N–H and O–H groups in total. The molecule has 35 heavy (non-hydrogen) atoms. The first-order chi connectivity index (χ1) is 16.0. The minimum atomic E-state index is -4.24. The average Bonchev–Trinajstić information content (AvgIpc) is 3.03. The summed E-state index contributed by atoms with van der Waals surface area (Å²) in [7, 11) is -8.53.